The average Bonchev–Trinajstić information content (AvgIpc) is 3.20. The van der Waals surface area contributed by atoms with E-state index in [9.17, 15) is 55.9 Å². The third-order valence-corrected chi connectivity index (χ3v) is 9.77. The number of aliphatic hydroxyl groups excluding tert-OH is 8. The van der Waals surface area contributed by atoms with Crippen molar-refractivity contribution in [2.75, 3.05) is 34.0 Å². The molecular formula is C37H50O20. The Labute approximate surface area is 326 Å². The summed E-state index contributed by atoms with van der Waals surface area (Å²) in [6, 6.07) is 8.92. The fourth-order valence-corrected chi connectivity index (χ4v) is 6.46. The number of aliphatic hydroxyl groups is 8. The van der Waals surface area contributed by atoms with Crippen LogP contribution >= 0.6 is 0 Å². The minimum Gasteiger partial charge on any atom is -0.504 e. The number of aromatic hydroxyl groups is 2. The summed E-state index contributed by atoms with van der Waals surface area (Å²) in [4.78, 5) is 13.4. The summed E-state index contributed by atoms with van der Waals surface area (Å²) in [5.41, 5.74) is 1.02. The van der Waals surface area contributed by atoms with Gasteiger partial charge in [0.25, 0.3) is 0 Å². The number of phenolic OH excluding ortho intramolecular Hbond substituents is 2. The van der Waals surface area contributed by atoms with Gasteiger partial charge >= 0.3 is 5.97 Å². The topological polar surface area (TPSA) is 302 Å². The third-order valence-electron chi connectivity index (χ3n) is 9.77. The molecule has 10 N–H and O–H groups in total. The molecular weight excluding hydrogens is 764 g/mol. The molecule has 0 aromatic heterocycles. The Balaban J connectivity index is 1.44. The van der Waals surface area contributed by atoms with Gasteiger partial charge in [0.15, 0.2) is 48.0 Å². The number of carbonyl (C=O) groups excluding carboxylic acids is 1. The highest BCUT2D eigenvalue weighted by molar-refractivity contribution is 5.87. The van der Waals surface area contributed by atoms with Crippen LogP contribution in [0.25, 0.3) is 6.08 Å². The summed E-state index contributed by atoms with van der Waals surface area (Å²) < 4.78 is 50.8. The quantitative estimate of drug-likeness (QED) is 0.0652. The molecule has 20 heteroatoms. The van der Waals surface area contributed by atoms with Crippen molar-refractivity contribution in [3.63, 3.8) is 0 Å². The molecule has 0 saturated carbocycles. The average molecular weight is 815 g/mol. The van der Waals surface area contributed by atoms with Crippen molar-refractivity contribution in [1.29, 1.82) is 0 Å². The van der Waals surface area contributed by atoms with Gasteiger partial charge in [-0.1, -0.05) is 12.1 Å². The van der Waals surface area contributed by atoms with Crippen LogP contribution in [0.4, 0.5) is 0 Å². The first-order chi connectivity index (χ1) is 27.2. The Morgan fingerprint density at radius 1 is 0.702 bits per heavy atom. The van der Waals surface area contributed by atoms with Crippen LogP contribution in [0, 0.1) is 0 Å². The summed E-state index contributed by atoms with van der Waals surface area (Å²) >= 11 is 0. The molecule has 5 rings (SSSR count). The number of hydrogen-bond acceptors (Lipinski definition) is 20. The fraction of sp³-hybridized carbons (Fsp3) is 0.595. The largest absolute Gasteiger partial charge is 0.504 e. The second-order valence-electron chi connectivity index (χ2n) is 13.6. The first kappa shape index (κ1) is 44.4. The van der Waals surface area contributed by atoms with E-state index in [1.807, 2.05) is 0 Å². The number of esters is 1. The van der Waals surface area contributed by atoms with Crippen molar-refractivity contribution in [2.24, 2.45) is 0 Å². The van der Waals surface area contributed by atoms with Gasteiger partial charge in [-0.2, -0.15) is 0 Å². The van der Waals surface area contributed by atoms with E-state index in [2.05, 4.69) is 0 Å². The van der Waals surface area contributed by atoms with E-state index < -0.39 is 111 Å². The SMILES string of the molecule is COc1ccc(CCO[C@@H]2O[C@H](CO[C@@H]3O[C@H](CO)[C@H](O)[C@H](O)[C@H]3O)[C@@H](OC(=O)/C=C/c3ccc(O)c(OC)c3)[C@H](O[C@@H]3O[C@@H](C)[C@H](O)[C@@H](O)[C@@H]3O)[C@H]2O)cc1O. The van der Waals surface area contributed by atoms with Crippen LogP contribution in [-0.4, -0.2) is 183 Å². The number of ether oxygens (including phenoxy) is 9. The second kappa shape index (κ2) is 19.8. The van der Waals surface area contributed by atoms with E-state index in [1.54, 1.807) is 12.1 Å². The Bertz CT molecular complexity index is 1640. The van der Waals surface area contributed by atoms with E-state index in [0.29, 0.717) is 11.1 Å². The van der Waals surface area contributed by atoms with Gasteiger partial charge in [0, 0.05) is 6.08 Å². The van der Waals surface area contributed by atoms with Crippen LogP contribution in [0.3, 0.4) is 0 Å². The number of carbonyl (C=O) groups is 1. The third kappa shape index (κ3) is 10.5. The van der Waals surface area contributed by atoms with E-state index in [-0.39, 0.29) is 36.0 Å². The van der Waals surface area contributed by atoms with Crippen LogP contribution in [0.5, 0.6) is 23.0 Å². The summed E-state index contributed by atoms with van der Waals surface area (Å²) in [6.07, 6.45) is -22.0. The highest BCUT2D eigenvalue weighted by Crippen LogP contribution is 2.33. The summed E-state index contributed by atoms with van der Waals surface area (Å²) in [6.45, 7) is -0.132. The molecule has 3 saturated heterocycles. The van der Waals surface area contributed by atoms with Crippen molar-refractivity contribution in [3.05, 3.63) is 53.6 Å². The first-order valence-corrected chi connectivity index (χ1v) is 18.0. The Morgan fingerprint density at radius 2 is 1.37 bits per heavy atom. The molecule has 318 valence electrons. The monoisotopic (exact) mass is 814 g/mol. The van der Waals surface area contributed by atoms with Crippen LogP contribution in [0.1, 0.15) is 18.1 Å². The van der Waals surface area contributed by atoms with E-state index >= 15 is 0 Å². The zero-order valence-electron chi connectivity index (χ0n) is 31.2. The molecule has 15 atom stereocenters. The minimum absolute atomic E-state index is 0.121. The molecule has 0 amide bonds. The maximum absolute atomic E-state index is 13.4. The summed E-state index contributed by atoms with van der Waals surface area (Å²) in [5.74, 6) is -0.938. The molecule has 57 heavy (non-hydrogen) atoms. The van der Waals surface area contributed by atoms with Gasteiger partial charge in [0.2, 0.25) is 0 Å². The molecule has 3 heterocycles. The van der Waals surface area contributed by atoms with Crippen LogP contribution < -0.4 is 9.47 Å². The van der Waals surface area contributed by atoms with Gasteiger partial charge in [-0.25, -0.2) is 4.79 Å². The lowest BCUT2D eigenvalue weighted by atomic mass is 9.96. The van der Waals surface area contributed by atoms with E-state index in [4.69, 9.17) is 42.6 Å². The fourth-order valence-electron chi connectivity index (χ4n) is 6.46. The number of benzene rings is 2. The zero-order chi connectivity index (χ0) is 41.6. The van der Waals surface area contributed by atoms with Gasteiger partial charge in [0.1, 0.15) is 61.0 Å². The number of rotatable bonds is 15. The highest BCUT2D eigenvalue weighted by Gasteiger charge is 2.53. The summed E-state index contributed by atoms with van der Waals surface area (Å²) in [5, 5.41) is 104. The van der Waals surface area contributed by atoms with Crippen molar-refractivity contribution >= 4 is 12.0 Å². The van der Waals surface area contributed by atoms with E-state index in [0.717, 1.165) is 6.08 Å². The lowest BCUT2D eigenvalue weighted by Crippen LogP contribution is -2.65. The molecule has 0 bridgehead atoms. The van der Waals surface area contributed by atoms with Crippen molar-refractivity contribution in [3.8, 4) is 23.0 Å². The van der Waals surface area contributed by atoms with Gasteiger partial charge in [0.05, 0.1) is 40.1 Å². The van der Waals surface area contributed by atoms with Gasteiger partial charge in [-0.3, -0.25) is 0 Å². The normalized spacial score (nSPS) is 35.9. The standard InChI is InChI=1S/C37H50O20/c1-16-26(42)28(44)31(47)37(53-16)57-34-32(48)36(51-11-10-18-5-8-21(49-2)20(40)12-18)55-24(15-52-35-30(46)29(45)27(43)23(14-38)54-35)33(34)56-25(41)9-6-17-4-7-19(39)22(13-17)50-3/h4-9,12-13,16,23-24,26-40,42-48H,10-11,14-15H2,1-3H3/b9-6+/t16-,23+,24+,26-,27-,28+,29-,30+,31-,32+,33+,34+,35+,36+,37-/m0/s1. The lowest BCUT2D eigenvalue weighted by Gasteiger charge is -2.47. The summed E-state index contributed by atoms with van der Waals surface area (Å²) in [7, 11) is 2.73. The second-order valence-corrected chi connectivity index (χ2v) is 13.6. The molecule has 3 fully saturated rings. The van der Waals surface area contributed by atoms with Crippen LogP contribution in [0.2, 0.25) is 0 Å². The van der Waals surface area contributed by atoms with Gasteiger partial charge < -0.3 is 93.7 Å². The molecule has 3 aliphatic rings. The number of hydrogen-bond donors (Lipinski definition) is 10. The zero-order valence-corrected chi connectivity index (χ0v) is 31.2. The molecule has 0 radical (unpaired) electrons. The predicted molar refractivity (Wildman–Crippen MR) is 190 cm³/mol. The number of phenols is 2. The van der Waals surface area contributed by atoms with Crippen molar-refractivity contribution in [2.45, 2.75) is 105 Å². The smallest absolute Gasteiger partial charge is 0.331 e. The van der Waals surface area contributed by atoms with E-state index in [1.165, 1.54) is 51.5 Å². The Hall–Kier alpha value is -3.71. The van der Waals surface area contributed by atoms with Gasteiger partial charge in [-0.05, 0) is 54.8 Å². The highest BCUT2D eigenvalue weighted by atomic mass is 16.8. The molecule has 2 aromatic carbocycles. The number of methoxy groups -OCH3 is 2. The Morgan fingerprint density at radius 3 is 2.05 bits per heavy atom. The molecule has 2 aromatic rings. The molecule has 0 unspecified atom stereocenters. The maximum Gasteiger partial charge on any atom is 0.331 e. The first-order valence-electron chi connectivity index (χ1n) is 18.0. The minimum atomic E-state index is -1.86. The Kier molecular flexibility index (Phi) is 15.4. The van der Waals surface area contributed by atoms with Crippen LogP contribution in [0.15, 0.2) is 42.5 Å². The molecule has 0 spiro atoms. The molecule has 3 aliphatic heterocycles. The molecule has 0 aliphatic carbocycles. The lowest BCUT2D eigenvalue weighted by molar-refractivity contribution is -0.364. The van der Waals surface area contributed by atoms with Crippen molar-refractivity contribution < 1.29 is 98.5 Å². The predicted octanol–water partition coefficient (Wildman–Crippen LogP) is -2.59. The van der Waals surface area contributed by atoms with Crippen molar-refractivity contribution in [1.82, 2.24) is 0 Å². The maximum atomic E-state index is 13.4. The molecule has 20 nitrogen and oxygen atoms in total. The van der Waals surface area contributed by atoms with Gasteiger partial charge in [-0.15, -0.1) is 0 Å². The van der Waals surface area contributed by atoms with Crippen LogP contribution in [-0.2, 0) is 44.4 Å².